The van der Waals surface area contributed by atoms with Crippen molar-refractivity contribution in [2.24, 2.45) is 0 Å². The Kier molecular flexibility index (Phi) is 10.1. The SMILES string of the molecule is CCCCCCCCCCCCN1/C(=C\C=C2/C(=O)NC(=O)N(c3ccccc3)C2=O)OCC1(C)C. The molecule has 1 N–H and O–H groups in total. The number of carbonyl (C=O) groups is 3. The number of imide groups is 2. The summed E-state index contributed by atoms with van der Waals surface area (Å²) in [5, 5.41) is 2.26. The van der Waals surface area contributed by atoms with Crippen molar-refractivity contribution < 1.29 is 19.1 Å². The van der Waals surface area contributed by atoms with Gasteiger partial charge in [-0.25, -0.2) is 9.69 Å². The van der Waals surface area contributed by atoms with Crippen molar-refractivity contribution in [1.29, 1.82) is 0 Å². The number of unbranched alkanes of at least 4 members (excludes halogenated alkanes) is 9. The van der Waals surface area contributed by atoms with Gasteiger partial charge < -0.3 is 9.64 Å². The highest BCUT2D eigenvalue weighted by molar-refractivity contribution is 6.37. The third-order valence-electron chi connectivity index (χ3n) is 6.81. The van der Waals surface area contributed by atoms with Crippen LogP contribution in [0, 0.1) is 0 Å². The molecule has 2 heterocycles. The highest BCUT2D eigenvalue weighted by atomic mass is 16.5. The number of benzene rings is 1. The molecule has 2 aliphatic heterocycles. The van der Waals surface area contributed by atoms with Crippen molar-refractivity contribution in [3.8, 4) is 0 Å². The number of hydrogen-bond donors (Lipinski definition) is 1. The van der Waals surface area contributed by atoms with Crippen LogP contribution < -0.4 is 10.2 Å². The van der Waals surface area contributed by atoms with Crippen molar-refractivity contribution in [2.45, 2.75) is 90.5 Å². The smallest absolute Gasteiger partial charge is 0.335 e. The first-order valence-corrected chi connectivity index (χ1v) is 13.4. The second-order valence-corrected chi connectivity index (χ2v) is 10.3. The van der Waals surface area contributed by atoms with E-state index < -0.39 is 17.8 Å². The minimum Gasteiger partial charge on any atom is -0.477 e. The van der Waals surface area contributed by atoms with E-state index in [1.807, 2.05) is 0 Å². The third-order valence-corrected chi connectivity index (χ3v) is 6.81. The van der Waals surface area contributed by atoms with E-state index in [0.717, 1.165) is 17.9 Å². The molecule has 0 atom stereocenters. The van der Waals surface area contributed by atoms with E-state index in [1.165, 1.54) is 63.9 Å². The zero-order valence-corrected chi connectivity index (χ0v) is 22.1. The molecule has 2 saturated heterocycles. The lowest BCUT2D eigenvalue weighted by atomic mass is 10.0. The van der Waals surface area contributed by atoms with Crippen LogP contribution in [0.2, 0.25) is 0 Å². The molecule has 0 unspecified atom stereocenters. The molecule has 7 heteroatoms. The molecular formula is C29H41N3O4. The number of rotatable bonds is 13. The Hall–Kier alpha value is -3.09. The van der Waals surface area contributed by atoms with Gasteiger partial charge in [-0.15, -0.1) is 0 Å². The number of urea groups is 1. The number of ether oxygens (including phenoxy) is 1. The maximum atomic E-state index is 13.0. The first-order valence-electron chi connectivity index (χ1n) is 13.4. The summed E-state index contributed by atoms with van der Waals surface area (Å²) in [7, 11) is 0. The quantitative estimate of drug-likeness (QED) is 0.204. The monoisotopic (exact) mass is 495 g/mol. The first kappa shape index (κ1) is 27.5. The van der Waals surface area contributed by atoms with E-state index in [0.29, 0.717) is 18.2 Å². The van der Waals surface area contributed by atoms with Gasteiger partial charge >= 0.3 is 6.03 Å². The lowest BCUT2D eigenvalue weighted by Gasteiger charge is -2.30. The van der Waals surface area contributed by atoms with E-state index in [1.54, 1.807) is 36.4 Å². The molecule has 0 spiro atoms. The van der Waals surface area contributed by atoms with E-state index in [4.69, 9.17) is 4.74 Å². The number of amides is 4. The average molecular weight is 496 g/mol. The summed E-state index contributed by atoms with van der Waals surface area (Å²) in [5.74, 6) is -0.704. The van der Waals surface area contributed by atoms with Crippen molar-refractivity contribution in [2.75, 3.05) is 18.1 Å². The molecule has 0 bridgehead atoms. The molecule has 4 amide bonds. The summed E-state index contributed by atoms with van der Waals surface area (Å²) >= 11 is 0. The van der Waals surface area contributed by atoms with Gasteiger partial charge in [-0.3, -0.25) is 14.9 Å². The Balaban J connectivity index is 1.58. The number of para-hydroxylation sites is 1. The second-order valence-electron chi connectivity index (χ2n) is 10.3. The Labute approximate surface area is 215 Å². The van der Waals surface area contributed by atoms with E-state index in [-0.39, 0.29) is 11.1 Å². The van der Waals surface area contributed by atoms with Gasteiger partial charge in [0.25, 0.3) is 11.8 Å². The number of nitrogens with zero attached hydrogens (tertiary/aromatic N) is 2. The summed E-state index contributed by atoms with van der Waals surface area (Å²) in [5.41, 5.74) is 0.138. The Morgan fingerprint density at radius 2 is 1.50 bits per heavy atom. The minimum atomic E-state index is -0.748. The minimum absolute atomic E-state index is 0.0989. The summed E-state index contributed by atoms with van der Waals surface area (Å²) < 4.78 is 5.94. The fraction of sp³-hybridized carbons (Fsp3) is 0.552. The number of carbonyl (C=O) groups excluding carboxylic acids is 3. The van der Waals surface area contributed by atoms with Crippen LogP contribution in [0.1, 0.15) is 85.0 Å². The third kappa shape index (κ3) is 7.21. The van der Waals surface area contributed by atoms with Crippen molar-refractivity contribution in [1.82, 2.24) is 10.2 Å². The number of allylic oxidation sites excluding steroid dienone is 2. The Morgan fingerprint density at radius 3 is 2.14 bits per heavy atom. The van der Waals surface area contributed by atoms with Crippen LogP contribution in [0.4, 0.5) is 10.5 Å². The van der Waals surface area contributed by atoms with Crippen molar-refractivity contribution in [3.05, 3.63) is 53.9 Å². The predicted octanol–water partition coefficient (Wildman–Crippen LogP) is 6.07. The Bertz CT molecular complexity index is 968. The van der Waals surface area contributed by atoms with E-state index in [2.05, 4.69) is 31.0 Å². The number of anilines is 1. The highest BCUT2D eigenvalue weighted by Crippen LogP contribution is 2.30. The topological polar surface area (TPSA) is 79.0 Å². The fourth-order valence-electron chi connectivity index (χ4n) is 4.66. The van der Waals surface area contributed by atoms with Gasteiger partial charge in [0, 0.05) is 6.54 Å². The standard InChI is InChI=1S/C29H41N3O4/c1-4-5-6-7-8-9-10-11-12-16-21-31-25(36-22-29(31,2)3)20-19-24-26(33)30-28(35)32(27(24)34)23-17-14-13-15-18-23/h13-15,17-20H,4-12,16,21-22H2,1-3H3,(H,30,33,35)/b24-19+,25-20+. The fourth-order valence-corrected chi connectivity index (χ4v) is 4.66. The maximum Gasteiger partial charge on any atom is 0.335 e. The van der Waals surface area contributed by atoms with E-state index in [9.17, 15) is 14.4 Å². The van der Waals surface area contributed by atoms with Crippen LogP contribution in [-0.4, -0.2) is 41.4 Å². The molecule has 0 radical (unpaired) electrons. The van der Waals surface area contributed by atoms with Gasteiger partial charge in [0.2, 0.25) is 0 Å². The molecule has 7 nitrogen and oxygen atoms in total. The normalized spacial score (nSPS) is 19.8. The second kappa shape index (κ2) is 13.3. The number of hydrogen-bond acceptors (Lipinski definition) is 5. The lowest BCUT2D eigenvalue weighted by Crippen LogP contribution is -2.54. The molecule has 3 rings (SSSR count). The molecule has 196 valence electrons. The zero-order chi connectivity index (χ0) is 26.0. The summed E-state index contributed by atoms with van der Waals surface area (Å²) in [6.07, 6.45) is 15.9. The van der Waals surface area contributed by atoms with Crippen molar-refractivity contribution >= 4 is 23.5 Å². The van der Waals surface area contributed by atoms with Gasteiger partial charge in [-0.2, -0.15) is 0 Å². The predicted molar refractivity (Wildman–Crippen MR) is 142 cm³/mol. The molecule has 1 aromatic carbocycles. The number of nitrogens with one attached hydrogen (secondary N) is 1. The lowest BCUT2D eigenvalue weighted by molar-refractivity contribution is -0.122. The average Bonchev–Trinajstić information content (AvgIpc) is 3.13. The Morgan fingerprint density at radius 1 is 0.889 bits per heavy atom. The highest BCUT2D eigenvalue weighted by Gasteiger charge is 2.38. The molecule has 1 aromatic rings. The van der Waals surface area contributed by atoms with Crippen LogP contribution in [-0.2, 0) is 14.3 Å². The summed E-state index contributed by atoms with van der Waals surface area (Å²) in [6.45, 7) is 7.90. The van der Waals surface area contributed by atoms with Crippen LogP contribution >= 0.6 is 0 Å². The zero-order valence-electron chi connectivity index (χ0n) is 22.1. The van der Waals surface area contributed by atoms with Gasteiger partial charge in [0.15, 0.2) is 5.88 Å². The van der Waals surface area contributed by atoms with Gasteiger partial charge in [0.05, 0.1) is 11.2 Å². The molecule has 0 aromatic heterocycles. The number of barbiturate groups is 1. The summed E-state index contributed by atoms with van der Waals surface area (Å²) in [4.78, 5) is 41.0. The van der Waals surface area contributed by atoms with E-state index >= 15 is 0 Å². The first-order chi connectivity index (χ1) is 17.3. The van der Waals surface area contributed by atoms with Gasteiger partial charge in [0.1, 0.15) is 12.2 Å². The molecule has 2 aliphatic rings. The van der Waals surface area contributed by atoms with Crippen LogP contribution in [0.5, 0.6) is 0 Å². The molecular weight excluding hydrogens is 454 g/mol. The van der Waals surface area contributed by atoms with Crippen molar-refractivity contribution in [3.63, 3.8) is 0 Å². The molecule has 0 saturated carbocycles. The maximum absolute atomic E-state index is 13.0. The molecule has 2 fully saturated rings. The van der Waals surface area contributed by atoms with Crippen LogP contribution in [0.25, 0.3) is 0 Å². The molecule has 36 heavy (non-hydrogen) atoms. The summed E-state index contributed by atoms with van der Waals surface area (Å²) in [6, 6.07) is 7.82. The van der Waals surface area contributed by atoms with Crippen LogP contribution in [0.3, 0.4) is 0 Å². The molecule has 0 aliphatic carbocycles. The largest absolute Gasteiger partial charge is 0.477 e. The van der Waals surface area contributed by atoms with Gasteiger partial charge in [-0.05, 0) is 44.6 Å². The van der Waals surface area contributed by atoms with Crippen LogP contribution in [0.15, 0.2) is 53.9 Å². The van der Waals surface area contributed by atoms with Gasteiger partial charge in [-0.1, -0.05) is 82.9 Å².